The topological polar surface area (TPSA) is 78.9 Å². The number of aliphatic carboxylic acids is 1. The van der Waals surface area contributed by atoms with Crippen LogP contribution in [0.2, 0.25) is 0 Å². The Morgan fingerprint density at radius 1 is 1.45 bits per heavy atom. The maximum Gasteiger partial charge on any atom is 0.317 e. The van der Waals surface area contributed by atoms with Gasteiger partial charge in [0.2, 0.25) is 0 Å². The molecule has 2 unspecified atom stereocenters. The molecule has 1 heterocycles. The molecule has 1 saturated heterocycles. The number of amides is 2. The van der Waals surface area contributed by atoms with Crippen molar-refractivity contribution in [2.75, 3.05) is 26.3 Å². The van der Waals surface area contributed by atoms with Gasteiger partial charge in [0, 0.05) is 13.1 Å². The second-order valence-corrected chi connectivity index (χ2v) is 4.83. The highest BCUT2D eigenvalue weighted by Crippen LogP contribution is 2.20. The van der Waals surface area contributed by atoms with E-state index in [4.69, 9.17) is 4.74 Å². The average Bonchev–Trinajstić information content (AvgIpc) is 2.90. The third kappa shape index (κ3) is 4.52. The molecule has 2 atom stereocenters. The molecular weight excluding hydrogens is 260 g/mol. The van der Waals surface area contributed by atoms with Gasteiger partial charge in [-0.25, -0.2) is 4.79 Å². The minimum absolute atomic E-state index is 0.173. The summed E-state index contributed by atoms with van der Waals surface area (Å²) < 4.78 is 5.24. The van der Waals surface area contributed by atoms with Crippen molar-refractivity contribution in [2.24, 2.45) is 5.92 Å². The van der Waals surface area contributed by atoms with Gasteiger partial charge in [-0.05, 0) is 19.8 Å². The number of carbonyl (C=O) groups excluding carboxylic acids is 1. The van der Waals surface area contributed by atoms with Crippen LogP contribution in [0.4, 0.5) is 4.79 Å². The summed E-state index contributed by atoms with van der Waals surface area (Å²) in [7, 11) is 0. The summed E-state index contributed by atoms with van der Waals surface area (Å²) in [5, 5.41) is 12.0. The van der Waals surface area contributed by atoms with E-state index >= 15 is 0 Å². The van der Waals surface area contributed by atoms with Gasteiger partial charge in [-0.1, -0.05) is 19.1 Å². The number of rotatable bonds is 7. The Kier molecular flexibility index (Phi) is 7.08. The van der Waals surface area contributed by atoms with E-state index in [1.165, 1.54) is 0 Å². The molecule has 0 spiro atoms. The van der Waals surface area contributed by atoms with Crippen LogP contribution >= 0.6 is 0 Å². The number of hydrogen-bond donors (Lipinski definition) is 2. The number of hydrogen-bond acceptors (Lipinski definition) is 3. The molecule has 2 N–H and O–H groups in total. The number of nitrogens with one attached hydrogen (secondary N) is 1. The van der Waals surface area contributed by atoms with Gasteiger partial charge in [0.1, 0.15) is 5.92 Å². The fourth-order valence-electron chi connectivity index (χ4n) is 2.28. The lowest BCUT2D eigenvalue weighted by Crippen LogP contribution is -2.51. The van der Waals surface area contributed by atoms with E-state index in [0.29, 0.717) is 19.7 Å². The quantitative estimate of drug-likeness (QED) is 0.548. The second-order valence-electron chi connectivity index (χ2n) is 4.83. The van der Waals surface area contributed by atoms with Crippen molar-refractivity contribution in [3.05, 3.63) is 12.2 Å². The summed E-state index contributed by atoms with van der Waals surface area (Å²) in [4.78, 5) is 25.0. The number of nitrogens with zero attached hydrogens (tertiary/aromatic N) is 1. The number of allylic oxidation sites excluding steroid dienone is 1. The molecule has 0 aromatic carbocycles. The summed E-state index contributed by atoms with van der Waals surface area (Å²) in [6.45, 7) is 5.44. The zero-order valence-electron chi connectivity index (χ0n) is 12.2. The molecule has 6 nitrogen and oxygen atoms in total. The molecule has 0 aromatic rings. The predicted molar refractivity (Wildman–Crippen MR) is 75.6 cm³/mol. The number of urea groups is 1. The Labute approximate surface area is 119 Å². The van der Waals surface area contributed by atoms with Crippen molar-refractivity contribution in [3.63, 3.8) is 0 Å². The Hall–Kier alpha value is -1.56. The molecule has 0 bridgehead atoms. The SMILES string of the molecule is C/C=C/CCNC(=O)N(CCC)C1COCC1C(=O)O. The van der Waals surface area contributed by atoms with Crippen molar-refractivity contribution >= 4 is 12.0 Å². The smallest absolute Gasteiger partial charge is 0.317 e. The first-order valence-corrected chi connectivity index (χ1v) is 7.08. The Balaban J connectivity index is 2.62. The fourth-order valence-corrected chi connectivity index (χ4v) is 2.28. The van der Waals surface area contributed by atoms with Crippen LogP contribution in [-0.4, -0.2) is 54.4 Å². The van der Waals surface area contributed by atoms with Gasteiger partial charge < -0.3 is 20.1 Å². The molecule has 0 saturated carbocycles. The number of carbonyl (C=O) groups is 2. The van der Waals surface area contributed by atoms with Crippen LogP contribution in [0.1, 0.15) is 26.7 Å². The summed E-state index contributed by atoms with van der Waals surface area (Å²) in [6.07, 6.45) is 5.46. The van der Waals surface area contributed by atoms with E-state index in [0.717, 1.165) is 12.8 Å². The number of carboxylic acids is 1. The van der Waals surface area contributed by atoms with Crippen LogP contribution in [0.3, 0.4) is 0 Å². The van der Waals surface area contributed by atoms with Crippen LogP contribution in [0.25, 0.3) is 0 Å². The lowest BCUT2D eigenvalue weighted by atomic mass is 10.0. The number of carboxylic acid groups (broad SMARTS) is 1. The zero-order valence-corrected chi connectivity index (χ0v) is 12.2. The largest absolute Gasteiger partial charge is 0.481 e. The standard InChI is InChI=1S/C14H24N2O4/c1-3-5-6-7-15-14(19)16(8-4-2)12-10-20-9-11(12)13(17)18/h3,5,11-12H,4,6-10H2,1-2H3,(H,15,19)(H,17,18)/b5-3+. The van der Waals surface area contributed by atoms with Gasteiger partial charge in [0.05, 0.1) is 19.3 Å². The van der Waals surface area contributed by atoms with Crippen LogP contribution in [0, 0.1) is 5.92 Å². The molecule has 1 rings (SSSR count). The average molecular weight is 284 g/mol. The van der Waals surface area contributed by atoms with Gasteiger partial charge in [0.15, 0.2) is 0 Å². The molecule has 1 aliphatic rings. The van der Waals surface area contributed by atoms with E-state index in [-0.39, 0.29) is 18.7 Å². The van der Waals surface area contributed by atoms with E-state index in [9.17, 15) is 14.7 Å². The third-order valence-corrected chi connectivity index (χ3v) is 3.32. The third-order valence-electron chi connectivity index (χ3n) is 3.32. The minimum atomic E-state index is -0.907. The van der Waals surface area contributed by atoms with E-state index < -0.39 is 11.9 Å². The first-order valence-electron chi connectivity index (χ1n) is 7.08. The molecule has 0 aliphatic carbocycles. The zero-order chi connectivity index (χ0) is 15.0. The van der Waals surface area contributed by atoms with Gasteiger partial charge >= 0.3 is 12.0 Å². The van der Waals surface area contributed by atoms with Crippen molar-refractivity contribution in [1.82, 2.24) is 10.2 Å². The first kappa shape index (κ1) is 16.5. The first-order chi connectivity index (χ1) is 9.61. The van der Waals surface area contributed by atoms with Crippen molar-refractivity contribution in [3.8, 4) is 0 Å². The van der Waals surface area contributed by atoms with Gasteiger partial charge in [0.25, 0.3) is 0 Å². The van der Waals surface area contributed by atoms with E-state index in [1.807, 2.05) is 26.0 Å². The van der Waals surface area contributed by atoms with E-state index in [2.05, 4.69) is 5.32 Å². The summed E-state index contributed by atoms with van der Waals surface area (Å²) in [6, 6.07) is -0.590. The normalized spacial score (nSPS) is 22.1. The summed E-state index contributed by atoms with van der Waals surface area (Å²) >= 11 is 0. The number of ether oxygens (including phenoxy) is 1. The molecule has 1 fully saturated rings. The maximum absolute atomic E-state index is 12.2. The molecule has 114 valence electrons. The van der Waals surface area contributed by atoms with E-state index in [1.54, 1.807) is 4.90 Å². The molecule has 1 aliphatic heterocycles. The second kappa shape index (κ2) is 8.58. The van der Waals surface area contributed by atoms with Crippen LogP contribution in [-0.2, 0) is 9.53 Å². The Bertz CT molecular complexity index is 357. The molecule has 0 aromatic heterocycles. The summed E-state index contributed by atoms with van der Waals surface area (Å²) in [5.74, 6) is -1.54. The van der Waals surface area contributed by atoms with Crippen molar-refractivity contribution < 1.29 is 19.4 Å². The van der Waals surface area contributed by atoms with Crippen molar-refractivity contribution in [2.45, 2.75) is 32.7 Å². The highest BCUT2D eigenvalue weighted by molar-refractivity contribution is 5.77. The minimum Gasteiger partial charge on any atom is -0.481 e. The Morgan fingerprint density at radius 3 is 2.80 bits per heavy atom. The monoisotopic (exact) mass is 284 g/mol. The van der Waals surface area contributed by atoms with Gasteiger partial charge in [-0.15, -0.1) is 0 Å². The van der Waals surface area contributed by atoms with Crippen molar-refractivity contribution in [1.29, 1.82) is 0 Å². The highest BCUT2D eigenvalue weighted by Gasteiger charge is 2.39. The highest BCUT2D eigenvalue weighted by atomic mass is 16.5. The maximum atomic E-state index is 12.2. The van der Waals surface area contributed by atoms with Gasteiger partial charge in [-0.2, -0.15) is 0 Å². The molecule has 6 heteroatoms. The fraction of sp³-hybridized carbons (Fsp3) is 0.714. The van der Waals surface area contributed by atoms with Crippen LogP contribution in [0.5, 0.6) is 0 Å². The van der Waals surface area contributed by atoms with Crippen LogP contribution < -0.4 is 5.32 Å². The summed E-state index contributed by atoms with van der Waals surface area (Å²) in [5.41, 5.74) is 0. The Morgan fingerprint density at radius 2 is 2.20 bits per heavy atom. The van der Waals surface area contributed by atoms with Crippen LogP contribution in [0.15, 0.2) is 12.2 Å². The molecule has 20 heavy (non-hydrogen) atoms. The predicted octanol–water partition coefficient (Wildman–Crippen LogP) is 1.47. The molecule has 0 radical (unpaired) electrons. The molecular formula is C14H24N2O4. The lowest BCUT2D eigenvalue weighted by molar-refractivity contribution is -0.142. The lowest BCUT2D eigenvalue weighted by Gasteiger charge is -2.30. The van der Waals surface area contributed by atoms with Gasteiger partial charge in [-0.3, -0.25) is 4.79 Å². The molecule has 2 amide bonds.